The van der Waals surface area contributed by atoms with Gasteiger partial charge in [0.25, 0.3) is 0 Å². The molecule has 142 valence electrons. The summed E-state index contributed by atoms with van der Waals surface area (Å²) in [4.78, 5) is 27.2. The molecule has 2 N–H and O–H groups in total. The molecule has 0 saturated heterocycles. The second-order valence-electron chi connectivity index (χ2n) is 5.50. The molecule has 3 aromatic rings. The molecule has 1 heterocycles. The van der Waals surface area contributed by atoms with Gasteiger partial charge in [0, 0.05) is 11.6 Å². The molecule has 0 aliphatic heterocycles. The molecule has 0 saturated carbocycles. The van der Waals surface area contributed by atoms with Crippen LogP contribution in [-0.2, 0) is 11.4 Å². The van der Waals surface area contributed by atoms with Crippen LogP contribution in [0.1, 0.15) is 21.9 Å². The smallest absolute Gasteiger partial charge is 0.400 e. The second-order valence-corrected chi connectivity index (χ2v) is 5.50. The fourth-order valence-electron chi connectivity index (χ4n) is 2.24. The van der Waals surface area contributed by atoms with Crippen LogP contribution < -0.4 is 10.5 Å². The Labute approximate surface area is 159 Å². The monoisotopic (exact) mass is 381 g/mol. The van der Waals surface area contributed by atoms with Crippen molar-refractivity contribution in [2.24, 2.45) is 10.9 Å². The maximum absolute atomic E-state index is 12.0. The molecule has 0 unspecified atom stereocenters. The fraction of sp³-hybridized carbons (Fsp3) is 0.0526. The number of hydrogen-bond acceptors (Lipinski definition) is 7. The summed E-state index contributed by atoms with van der Waals surface area (Å²) in [5.74, 6) is -0.527. The number of amidine groups is 1. The highest BCUT2D eigenvalue weighted by atomic mass is 16.7. The number of benzene rings is 2. The number of nitro groups is 1. The van der Waals surface area contributed by atoms with Crippen LogP contribution in [-0.4, -0.2) is 16.7 Å². The zero-order chi connectivity index (χ0) is 19.9. The first-order chi connectivity index (χ1) is 13.5. The third kappa shape index (κ3) is 4.52. The summed E-state index contributed by atoms with van der Waals surface area (Å²) in [6.45, 7) is -0.104. The number of nitro benzene ring substituents is 1. The lowest BCUT2D eigenvalue weighted by Gasteiger charge is -2.04. The zero-order valence-corrected chi connectivity index (χ0v) is 14.5. The van der Waals surface area contributed by atoms with Crippen LogP contribution in [0.4, 0.5) is 5.69 Å². The summed E-state index contributed by atoms with van der Waals surface area (Å²) in [7, 11) is 0. The topological polar surface area (TPSA) is 130 Å². The molecule has 0 aliphatic carbocycles. The van der Waals surface area contributed by atoms with Crippen LogP contribution in [0.5, 0.6) is 5.75 Å². The van der Waals surface area contributed by atoms with Gasteiger partial charge in [-0.1, -0.05) is 47.6 Å². The Morgan fingerprint density at radius 1 is 1.07 bits per heavy atom. The molecule has 3 rings (SSSR count). The molecule has 28 heavy (non-hydrogen) atoms. The Kier molecular flexibility index (Phi) is 5.66. The van der Waals surface area contributed by atoms with Gasteiger partial charge in [-0.3, -0.25) is 10.1 Å². The van der Waals surface area contributed by atoms with Crippen LogP contribution in [0, 0.1) is 10.1 Å². The van der Waals surface area contributed by atoms with Crippen molar-refractivity contribution in [3.8, 4) is 5.75 Å². The van der Waals surface area contributed by atoms with Gasteiger partial charge in [-0.2, -0.15) is 0 Å². The summed E-state index contributed by atoms with van der Waals surface area (Å²) in [5.41, 5.74) is 6.18. The average molecular weight is 381 g/mol. The van der Waals surface area contributed by atoms with E-state index in [2.05, 4.69) is 5.16 Å². The number of oxime groups is 1. The van der Waals surface area contributed by atoms with E-state index in [0.29, 0.717) is 5.56 Å². The molecule has 9 heteroatoms. The molecule has 2 aromatic carbocycles. The van der Waals surface area contributed by atoms with Gasteiger partial charge in [0.05, 0.1) is 4.92 Å². The van der Waals surface area contributed by atoms with Gasteiger partial charge in [0.2, 0.25) is 5.76 Å². The molecular weight excluding hydrogens is 366 g/mol. The Hall–Kier alpha value is -4.14. The van der Waals surface area contributed by atoms with E-state index < -0.39 is 10.9 Å². The predicted molar refractivity (Wildman–Crippen MR) is 98.7 cm³/mol. The van der Waals surface area contributed by atoms with Crippen molar-refractivity contribution in [2.75, 3.05) is 0 Å². The van der Waals surface area contributed by atoms with E-state index in [1.54, 1.807) is 30.3 Å². The minimum atomic E-state index is -0.837. The second kappa shape index (κ2) is 8.49. The SMILES string of the molecule is N/C(=N\OC(=O)c1ccc(COc2ccccc2[N+](=O)[O-])o1)c1ccccc1. The summed E-state index contributed by atoms with van der Waals surface area (Å²) >= 11 is 0. The van der Waals surface area contributed by atoms with E-state index in [4.69, 9.17) is 19.7 Å². The molecule has 0 atom stereocenters. The standard InChI is InChI=1S/C19H15N3O6/c20-18(13-6-2-1-3-7-13)21-28-19(23)17-11-10-14(27-17)12-26-16-9-5-4-8-15(16)22(24)25/h1-11H,12H2,(H2,20,21). The Morgan fingerprint density at radius 2 is 1.79 bits per heavy atom. The maximum atomic E-state index is 12.0. The largest absolute Gasteiger partial charge is 0.479 e. The first-order valence-corrected chi connectivity index (χ1v) is 8.10. The van der Waals surface area contributed by atoms with Gasteiger partial charge in [0.15, 0.2) is 11.6 Å². The number of carbonyl (C=O) groups is 1. The molecule has 0 radical (unpaired) electrons. The van der Waals surface area contributed by atoms with Gasteiger partial charge in [-0.25, -0.2) is 4.79 Å². The molecule has 1 aromatic heterocycles. The fourth-order valence-corrected chi connectivity index (χ4v) is 2.24. The molecule has 0 bridgehead atoms. The van der Waals surface area contributed by atoms with Crippen molar-refractivity contribution >= 4 is 17.5 Å². The lowest BCUT2D eigenvalue weighted by Crippen LogP contribution is -2.15. The number of para-hydroxylation sites is 2. The van der Waals surface area contributed by atoms with Crippen LogP contribution in [0.15, 0.2) is 76.3 Å². The molecule has 0 fully saturated rings. The maximum Gasteiger partial charge on any atom is 0.400 e. The van der Waals surface area contributed by atoms with E-state index in [9.17, 15) is 14.9 Å². The van der Waals surface area contributed by atoms with E-state index in [1.807, 2.05) is 6.07 Å². The van der Waals surface area contributed by atoms with Crippen LogP contribution in [0.25, 0.3) is 0 Å². The number of nitrogens with two attached hydrogens (primary N) is 1. The van der Waals surface area contributed by atoms with E-state index >= 15 is 0 Å². The van der Waals surface area contributed by atoms with Crippen LogP contribution in [0.2, 0.25) is 0 Å². The number of nitrogens with zero attached hydrogens (tertiary/aromatic N) is 2. The molecule has 0 aliphatic rings. The lowest BCUT2D eigenvalue weighted by atomic mass is 10.2. The third-order valence-corrected chi connectivity index (χ3v) is 3.59. The highest BCUT2D eigenvalue weighted by Crippen LogP contribution is 2.26. The van der Waals surface area contributed by atoms with Crippen molar-refractivity contribution in [2.45, 2.75) is 6.61 Å². The van der Waals surface area contributed by atoms with Crippen molar-refractivity contribution in [1.29, 1.82) is 0 Å². The summed E-state index contributed by atoms with van der Waals surface area (Å²) in [5, 5.41) is 14.6. The van der Waals surface area contributed by atoms with Gasteiger partial charge >= 0.3 is 11.7 Å². The van der Waals surface area contributed by atoms with Gasteiger partial charge in [-0.15, -0.1) is 0 Å². The van der Waals surface area contributed by atoms with Crippen molar-refractivity contribution < 1.29 is 23.7 Å². The summed E-state index contributed by atoms with van der Waals surface area (Å²) in [6.07, 6.45) is 0. The first kappa shape index (κ1) is 18.6. The van der Waals surface area contributed by atoms with E-state index in [1.165, 1.54) is 30.3 Å². The number of rotatable bonds is 7. The number of carbonyl (C=O) groups excluding carboxylic acids is 1. The van der Waals surface area contributed by atoms with Gasteiger partial charge in [0.1, 0.15) is 12.4 Å². The molecule has 0 amide bonds. The van der Waals surface area contributed by atoms with Crippen molar-refractivity contribution in [3.05, 3.63) is 93.9 Å². The minimum Gasteiger partial charge on any atom is -0.479 e. The minimum absolute atomic E-state index is 0.0421. The van der Waals surface area contributed by atoms with Gasteiger partial charge in [-0.05, 0) is 18.2 Å². The third-order valence-electron chi connectivity index (χ3n) is 3.59. The number of hydrogen-bond donors (Lipinski definition) is 1. The van der Waals surface area contributed by atoms with Crippen LogP contribution in [0.3, 0.4) is 0 Å². The van der Waals surface area contributed by atoms with Crippen molar-refractivity contribution in [3.63, 3.8) is 0 Å². The van der Waals surface area contributed by atoms with Crippen LogP contribution >= 0.6 is 0 Å². The zero-order valence-electron chi connectivity index (χ0n) is 14.5. The Morgan fingerprint density at radius 3 is 2.54 bits per heavy atom. The highest BCUT2D eigenvalue weighted by Gasteiger charge is 2.16. The van der Waals surface area contributed by atoms with E-state index in [0.717, 1.165) is 0 Å². The Bertz CT molecular complexity index is 1010. The lowest BCUT2D eigenvalue weighted by molar-refractivity contribution is -0.386. The van der Waals surface area contributed by atoms with Gasteiger partial charge < -0.3 is 19.7 Å². The quantitative estimate of drug-likeness (QED) is 0.218. The Balaban J connectivity index is 1.61. The molecular formula is C19H15N3O6. The van der Waals surface area contributed by atoms with Crippen molar-refractivity contribution in [1.82, 2.24) is 0 Å². The summed E-state index contributed by atoms with van der Waals surface area (Å²) in [6, 6.07) is 17.6. The van der Waals surface area contributed by atoms with E-state index in [-0.39, 0.29) is 35.4 Å². The molecule has 9 nitrogen and oxygen atoms in total. The first-order valence-electron chi connectivity index (χ1n) is 8.10. The molecule has 0 spiro atoms. The highest BCUT2D eigenvalue weighted by molar-refractivity contribution is 5.97. The predicted octanol–water partition coefficient (Wildman–Crippen LogP) is 3.24. The number of furan rings is 1. The summed E-state index contributed by atoms with van der Waals surface area (Å²) < 4.78 is 10.7. The number of ether oxygens (including phenoxy) is 1. The normalized spacial score (nSPS) is 11.1. The average Bonchev–Trinajstić information content (AvgIpc) is 3.20.